The van der Waals surface area contributed by atoms with Gasteiger partial charge < -0.3 is 16.0 Å². The van der Waals surface area contributed by atoms with Crippen molar-refractivity contribution in [3.8, 4) is 0 Å². The first kappa shape index (κ1) is 17.8. The quantitative estimate of drug-likeness (QED) is 0.771. The molecule has 23 heavy (non-hydrogen) atoms. The maximum Gasteiger partial charge on any atom is 0.232 e. The number of piperidine rings is 1. The monoisotopic (exact) mass is 335 g/mol. The third-order valence-corrected chi connectivity index (χ3v) is 4.97. The summed E-state index contributed by atoms with van der Waals surface area (Å²) in [4.78, 5) is 27.3. The Kier molecular flexibility index (Phi) is 6.92. The van der Waals surface area contributed by atoms with Gasteiger partial charge in [0.05, 0.1) is 11.7 Å². The van der Waals surface area contributed by atoms with Crippen LogP contribution in [0, 0.1) is 12.8 Å². The maximum atomic E-state index is 12.4. The van der Waals surface area contributed by atoms with E-state index in [1.165, 1.54) is 5.56 Å². The molecule has 1 aromatic carbocycles. The Morgan fingerprint density at radius 2 is 2.09 bits per heavy atom. The fourth-order valence-corrected chi connectivity index (χ4v) is 3.43. The zero-order valence-electron chi connectivity index (χ0n) is 13.6. The van der Waals surface area contributed by atoms with E-state index in [1.54, 1.807) is 11.8 Å². The van der Waals surface area contributed by atoms with Crippen molar-refractivity contribution < 1.29 is 9.59 Å². The van der Waals surface area contributed by atoms with Gasteiger partial charge in [0, 0.05) is 31.1 Å². The van der Waals surface area contributed by atoms with Crippen LogP contribution in [0.25, 0.3) is 0 Å². The van der Waals surface area contributed by atoms with Gasteiger partial charge in [-0.3, -0.25) is 9.59 Å². The molecule has 1 saturated heterocycles. The Morgan fingerprint density at radius 1 is 1.35 bits per heavy atom. The van der Waals surface area contributed by atoms with Crippen LogP contribution in [0.3, 0.4) is 0 Å². The Labute approximate surface area is 142 Å². The first-order valence-electron chi connectivity index (χ1n) is 8.05. The summed E-state index contributed by atoms with van der Waals surface area (Å²) >= 11 is 1.55. The molecular formula is C17H25N3O2S. The third kappa shape index (κ3) is 5.55. The average molecular weight is 335 g/mol. The highest BCUT2D eigenvalue weighted by Crippen LogP contribution is 2.21. The molecule has 1 unspecified atom stereocenters. The summed E-state index contributed by atoms with van der Waals surface area (Å²) in [7, 11) is 0. The zero-order chi connectivity index (χ0) is 16.7. The Bertz CT molecular complexity index is 533. The van der Waals surface area contributed by atoms with Crippen LogP contribution in [0.15, 0.2) is 29.2 Å². The molecule has 1 heterocycles. The summed E-state index contributed by atoms with van der Waals surface area (Å²) in [5.74, 6) is 0.426. The molecule has 2 rings (SSSR count). The molecule has 0 aliphatic carbocycles. The number of hydrogen-bond acceptors (Lipinski definition) is 4. The summed E-state index contributed by atoms with van der Waals surface area (Å²) in [5.41, 5.74) is 6.62. The van der Waals surface area contributed by atoms with Crippen molar-refractivity contribution in [3.63, 3.8) is 0 Å². The molecular weight excluding hydrogens is 310 g/mol. The number of aryl methyl sites for hydroxylation is 1. The number of thioether (sulfide) groups is 1. The van der Waals surface area contributed by atoms with E-state index >= 15 is 0 Å². The number of amides is 2. The van der Waals surface area contributed by atoms with Gasteiger partial charge in [-0.15, -0.1) is 11.8 Å². The van der Waals surface area contributed by atoms with E-state index < -0.39 is 0 Å². The summed E-state index contributed by atoms with van der Waals surface area (Å²) in [5, 5.41) is 2.82. The SMILES string of the molecule is Cc1ccc(SCC(=O)N2CCCC(C(=O)NCCN)C2)cc1. The van der Waals surface area contributed by atoms with Gasteiger partial charge in [0.25, 0.3) is 0 Å². The van der Waals surface area contributed by atoms with Crippen LogP contribution in [0.2, 0.25) is 0 Å². The van der Waals surface area contributed by atoms with E-state index in [1.807, 2.05) is 36.1 Å². The first-order chi connectivity index (χ1) is 11.1. The molecule has 0 radical (unpaired) electrons. The lowest BCUT2D eigenvalue weighted by Crippen LogP contribution is -2.46. The van der Waals surface area contributed by atoms with Crippen LogP contribution < -0.4 is 11.1 Å². The second kappa shape index (κ2) is 8.93. The van der Waals surface area contributed by atoms with E-state index in [-0.39, 0.29) is 17.7 Å². The molecule has 1 fully saturated rings. The van der Waals surface area contributed by atoms with Gasteiger partial charge in [0.2, 0.25) is 11.8 Å². The van der Waals surface area contributed by atoms with E-state index in [0.717, 1.165) is 24.3 Å². The molecule has 5 nitrogen and oxygen atoms in total. The minimum absolute atomic E-state index is 0.0131. The number of nitrogens with one attached hydrogen (secondary N) is 1. The lowest BCUT2D eigenvalue weighted by molar-refractivity contribution is -0.133. The number of benzene rings is 1. The number of hydrogen-bond donors (Lipinski definition) is 2. The van der Waals surface area contributed by atoms with Crippen LogP contribution in [-0.4, -0.2) is 48.6 Å². The summed E-state index contributed by atoms with van der Waals surface area (Å²) < 4.78 is 0. The number of carbonyl (C=O) groups is 2. The van der Waals surface area contributed by atoms with Gasteiger partial charge in [0.15, 0.2) is 0 Å². The summed E-state index contributed by atoms with van der Waals surface area (Å²) in [6.07, 6.45) is 1.72. The third-order valence-electron chi connectivity index (χ3n) is 3.97. The van der Waals surface area contributed by atoms with Gasteiger partial charge in [-0.25, -0.2) is 0 Å². The maximum absolute atomic E-state index is 12.4. The van der Waals surface area contributed by atoms with Crippen molar-refractivity contribution in [2.45, 2.75) is 24.7 Å². The van der Waals surface area contributed by atoms with E-state index in [4.69, 9.17) is 5.73 Å². The van der Waals surface area contributed by atoms with Gasteiger partial charge in [-0.1, -0.05) is 17.7 Å². The van der Waals surface area contributed by atoms with Gasteiger partial charge >= 0.3 is 0 Å². The molecule has 1 atom stereocenters. The molecule has 1 aromatic rings. The molecule has 6 heteroatoms. The second-order valence-electron chi connectivity index (χ2n) is 5.86. The molecule has 0 bridgehead atoms. The van der Waals surface area contributed by atoms with Crippen molar-refractivity contribution in [1.82, 2.24) is 10.2 Å². The molecule has 1 aliphatic rings. The zero-order valence-corrected chi connectivity index (χ0v) is 14.4. The van der Waals surface area contributed by atoms with Crippen molar-refractivity contribution in [1.29, 1.82) is 0 Å². The predicted octanol–water partition coefficient (Wildman–Crippen LogP) is 1.40. The Hall–Kier alpha value is -1.53. The minimum Gasteiger partial charge on any atom is -0.355 e. The molecule has 0 aromatic heterocycles. The van der Waals surface area contributed by atoms with Crippen LogP contribution in [-0.2, 0) is 9.59 Å². The van der Waals surface area contributed by atoms with Crippen molar-refractivity contribution in [2.75, 3.05) is 31.9 Å². The smallest absolute Gasteiger partial charge is 0.232 e. The molecule has 126 valence electrons. The highest BCUT2D eigenvalue weighted by atomic mass is 32.2. The topological polar surface area (TPSA) is 75.4 Å². The fraction of sp³-hybridized carbons (Fsp3) is 0.529. The van der Waals surface area contributed by atoms with Gasteiger partial charge in [-0.05, 0) is 31.9 Å². The fourth-order valence-electron chi connectivity index (χ4n) is 2.63. The molecule has 0 saturated carbocycles. The van der Waals surface area contributed by atoms with E-state index in [9.17, 15) is 9.59 Å². The minimum atomic E-state index is -0.108. The summed E-state index contributed by atoms with van der Waals surface area (Å²) in [6, 6.07) is 8.16. The Morgan fingerprint density at radius 3 is 2.78 bits per heavy atom. The van der Waals surface area contributed by atoms with Crippen LogP contribution in [0.4, 0.5) is 0 Å². The number of likely N-dealkylation sites (tertiary alicyclic amines) is 1. The number of nitrogens with zero attached hydrogens (tertiary/aromatic N) is 1. The van der Waals surface area contributed by atoms with Gasteiger partial charge in [0.1, 0.15) is 0 Å². The predicted molar refractivity (Wildman–Crippen MR) is 93.3 cm³/mol. The van der Waals surface area contributed by atoms with Crippen LogP contribution >= 0.6 is 11.8 Å². The standard InChI is InChI=1S/C17H25N3O2S/c1-13-4-6-15(7-5-13)23-12-16(21)20-10-2-3-14(11-20)17(22)19-9-8-18/h4-7,14H,2-3,8-12,18H2,1H3,(H,19,22). The lowest BCUT2D eigenvalue weighted by Gasteiger charge is -2.32. The van der Waals surface area contributed by atoms with Crippen molar-refractivity contribution in [2.24, 2.45) is 11.7 Å². The number of rotatable bonds is 6. The molecule has 1 aliphatic heterocycles. The normalized spacial score (nSPS) is 17.8. The number of carbonyl (C=O) groups excluding carboxylic acids is 2. The first-order valence-corrected chi connectivity index (χ1v) is 9.03. The average Bonchev–Trinajstić information content (AvgIpc) is 2.59. The highest BCUT2D eigenvalue weighted by molar-refractivity contribution is 8.00. The van der Waals surface area contributed by atoms with Crippen LogP contribution in [0.5, 0.6) is 0 Å². The van der Waals surface area contributed by atoms with Crippen molar-refractivity contribution in [3.05, 3.63) is 29.8 Å². The highest BCUT2D eigenvalue weighted by Gasteiger charge is 2.27. The van der Waals surface area contributed by atoms with Crippen LogP contribution in [0.1, 0.15) is 18.4 Å². The second-order valence-corrected chi connectivity index (χ2v) is 6.91. The molecule has 0 spiro atoms. The van der Waals surface area contributed by atoms with E-state index in [0.29, 0.717) is 25.4 Å². The molecule has 2 amide bonds. The largest absolute Gasteiger partial charge is 0.355 e. The number of nitrogens with two attached hydrogens (primary N) is 1. The lowest BCUT2D eigenvalue weighted by atomic mass is 9.97. The molecule has 3 N–H and O–H groups in total. The Balaban J connectivity index is 1.81. The van der Waals surface area contributed by atoms with Crippen molar-refractivity contribution >= 4 is 23.6 Å². The van der Waals surface area contributed by atoms with E-state index in [2.05, 4.69) is 5.32 Å². The summed E-state index contributed by atoms with van der Waals surface area (Å²) in [6.45, 7) is 4.24. The van der Waals surface area contributed by atoms with Gasteiger partial charge in [-0.2, -0.15) is 0 Å².